The van der Waals surface area contributed by atoms with E-state index >= 15 is 0 Å². The molecule has 0 rings (SSSR count). The Hall–Kier alpha value is -3.45. The summed E-state index contributed by atoms with van der Waals surface area (Å²) in [6.07, 6.45) is 38.7. The van der Waals surface area contributed by atoms with Crippen molar-refractivity contribution in [1.82, 2.24) is 0 Å². The van der Waals surface area contributed by atoms with Gasteiger partial charge in [0.1, 0.15) is 6.61 Å². The average Bonchev–Trinajstić information content (AvgIpc) is 2.89. The molecule has 37 heavy (non-hydrogen) atoms. The SMILES string of the molecule is C=CC=CC=CC=CC=CC=COC[C@H](COP(=O)(O)OCCN)OC=CC=CC=CC=CC=CC=C. The van der Waals surface area contributed by atoms with Gasteiger partial charge in [-0.05, 0) is 12.2 Å². The minimum atomic E-state index is -4.23. The lowest BCUT2D eigenvalue weighted by Gasteiger charge is -2.18. The highest BCUT2D eigenvalue weighted by Crippen LogP contribution is 2.43. The molecule has 0 fully saturated rings. The third-order valence-electron chi connectivity index (χ3n) is 3.65. The van der Waals surface area contributed by atoms with Crippen molar-refractivity contribution in [3.8, 4) is 0 Å². The molecule has 1 unspecified atom stereocenters. The lowest BCUT2D eigenvalue weighted by molar-refractivity contribution is 0.0210. The molecular formula is C29H38NO6P. The highest BCUT2D eigenvalue weighted by molar-refractivity contribution is 7.47. The first-order valence-corrected chi connectivity index (χ1v) is 13.0. The van der Waals surface area contributed by atoms with Crippen molar-refractivity contribution < 1.29 is 28.0 Å². The maximum atomic E-state index is 11.9. The first-order valence-electron chi connectivity index (χ1n) is 11.5. The van der Waals surface area contributed by atoms with E-state index in [4.69, 9.17) is 24.3 Å². The van der Waals surface area contributed by atoms with Crippen LogP contribution in [-0.4, -0.2) is 37.4 Å². The Morgan fingerprint density at radius 3 is 1.54 bits per heavy atom. The highest BCUT2D eigenvalue weighted by atomic mass is 31.2. The minimum absolute atomic E-state index is 0.0758. The van der Waals surface area contributed by atoms with Crippen molar-refractivity contribution >= 4 is 7.82 Å². The molecule has 0 heterocycles. The molecule has 0 radical (unpaired) electrons. The fourth-order valence-corrected chi connectivity index (χ4v) is 2.80. The van der Waals surface area contributed by atoms with Gasteiger partial charge in [-0.15, -0.1) is 0 Å². The molecule has 3 N–H and O–H groups in total. The number of hydrogen-bond acceptors (Lipinski definition) is 6. The zero-order valence-electron chi connectivity index (χ0n) is 21.0. The monoisotopic (exact) mass is 527 g/mol. The van der Waals surface area contributed by atoms with Crippen LogP contribution in [0.3, 0.4) is 0 Å². The van der Waals surface area contributed by atoms with Crippen LogP contribution in [0.5, 0.6) is 0 Å². The Bertz CT molecular complexity index is 951. The smallest absolute Gasteiger partial charge is 0.472 e. The third kappa shape index (κ3) is 25.4. The summed E-state index contributed by atoms with van der Waals surface area (Å²) >= 11 is 0. The van der Waals surface area contributed by atoms with Crippen molar-refractivity contribution in [2.45, 2.75) is 6.10 Å². The Morgan fingerprint density at radius 1 is 0.649 bits per heavy atom. The second-order valence-electron chi connectivity index (χ2n) is 6.69. The molecule has 0 spiro atoms. The fraction of sp³-hybridized carbons (Fsp3) is 0.172. The molecule has 2 atom stereocenters. The second-order valence-corrected chi connectivity index (χ2v) is 8.14. The number of allylic oxidation sites excluding steroid dienone is 20. The third-order valence-corrected chi connectivity index (χ3v) is 4.64. The van der Waals surface area contributed by atoms with E-state index in [1.807, 2.05) is 85.1 Å². The van der Waals surface area contributed by atoms with Gasteiger partial charge in [-0.25, -0.2) is 4.57 Å². The molecule has 0 bridgehead atoms. The van der Waals surface area contributed by atoms with Crippen LogP contribution in [0.1, 0.15) is 0 Å². The van der Waals surface area contributed by atoms with Gasteiger partial charge in [0.2, 0.25) is 0 Å². The zero-order valence-corrected chi connectivity index (χ0v) is 21.9. The highest BCUT2D eigenvalue weighted by Gasteiger charge is 2.23. The second kappa shape index (κ2) is 25.6. The molecule has 0 aliphatic heterocycles. The molecule has 0 aliphatic carbocycles. The molecular weight excluding hydrogens is 489 g/mol. The van der Waals surface area contributed by atoms with Gasteiger partial charge in [0.05, 0.1) is 25.7 Å². The molecule has 0 aromatic heterocycles. The maximum Gasteiger partial charge on any atom is 0.472 e. The summed E-state index contributed by atoms with van der Waals surface area (Å²) in [4.78, 5) is 9.69. The normalized spacial score (nSPS) is 15.8. The molecule has 7 nitrogen and oxygen atoms in total. The topological polar surface area (TPSA) is 100 Å². The van der Waals surface area contributed by atoms with E-state index in [-0.39, 0.29) is 26.4 Å². The molecule has 200 valence electrons. The molecule has 0 saturated carbocycles. The van der Waals surface area contributed by atoms with Crippen LogP contribution in [0, 0.1) is 0 Å². The number of hydrogen-bond donors (Lipinski definition) is 2. The van der Waals surface area contributed by atoms with E-state index in [2.05, 4.69) is 13.2 Å². The first-order chi connectivity index (χ1) is 18.1. The quantitative estimate of drug-likeness (QED) is 0.102. The van der Waals surface area contributed by atoms with Gasteiger partial charge in [-0.3, -0.25) is 9.05 Å². The molecule has 8 heteroatoms. The molecule has 0 aromatic rings. The van der Waals surface area contributed by atoms with Gasteiger partial charge < -0.3 is 20.1 Å². The first kappa shape index (κ1) is 33.5. The van der Waals surface area contributed by atoms with Crippen LogP contribution in [0.2, 0.25) is 0 Å². The largest absolute Gasteiger partial charge is 0.497 e. The minimum Gasteiger partial charge on any atom is -0.497 e. The van der Waals surface area contributed by atoms with Gasteiger partial charge in [0.25, 0.3) is 0 Å². The van der Waals surface area contributed by atoms with Crippen molar-refractivity contribution in [2.24, 2.45) is 5.73 Å². The van der Waals surface area contributed by atoms with Crippen LogP contribution in [-0.2, 0) is 23.1 Å². The summed E-state index contributed by atoms with van der Waals surface area (Å²) < 4.78 is 32.6. The molecule has 0 amide bonds. The summed E-state index contributed by atoms with van der Waals surface area (Å²) in [6, 6.07) is 0. The van der Waals surface area contributed by atoms with E-state index in [0.717, 1.165) is 0 Å². The lowest BCUT2D eigenvalue weighted by atomic mass is 10.3. The Balaban J connectivity index is 4.71. The summed E-state index contributed by atoms with van der Waals surface area (Å²) in [7, 11) is -4.23. The van der Waals surface area contributed by atoms with Gasteiger partial charge in [0, 0.05) is 6.54 Å². The summed E-state index contributed by atoms with van der Waals surface area (Å²) in [5, 5.41) is 0. The van der Waals surface area contributed by atoms with E-state index in [9.17, 15) is 9.46 Å². The van der Waals surface area contributed by atoms with Crippen molar-refractivity contribution in [1.29, 1.82) is 0 Å². The van der Waals surface area contributed by atoms with Crippen LogP contribution in [0.25, 0.3) is 0 Å². The lowest BCUT2D eigenvalue weighted by Crippen LogP contribution is -2.23. The predicted octanol–water partition coefficient (Wildman–Crippen LogP) is 6.33. The number of rotatable bonds is 21. The zero-order chi connectivity index (χ0) is 27.3. The van der Waals surface area contributed by atoms with Gasteiger partial charge in [0.15, 0.2) is 6.10 Å². The van der Waals surface area contributed by atoms with Gasteiger partial charge >= 0.3 is 7.82 Å². The number of phosphoric acid groups is 1. The predicted molar refractivity (Wildman–Crippen MR) is 153 cm³/mol. The molecule has 0 aromatic carbocycles. The van der Waals surface area contributed by atoms with Crippen molar-refractivity contribution in [2.75, 3.05) is 26.4 Å². The standard InChI is InChI=1S/C29H38NO6P/c1-3-5-7-9-11-13-15-17-19-21-24-33-27-29(28-36-37(31,32)35-26-23-30)34-25-22-20-18-16-14-12-10-8-6-4-2/h3-22,24-25,29H,1-2,23,26-28,30H2,(H,31,32)/t29-/m1/s1. The van der Waals surface area contributed by atoms with Crippen LogP contribution < -0.4 is 5.73 Å². The fourth-order valence-electron chi connectivity index (χ4n) is 2.03. The van der Waals surface area contributed by atoms with Crippen molar-refractivity contribution in [3.05, 3.63) is 147 Å². The van der Waals surface area contributed by atoms with E-state index in [0.29, 0.717) is 0 Å². The summed E-state index contributed by atoms with van der Waals surface area (Å²) in [6.45, 7) is 7.03. The number of nitrogens with two attached hydrogens (primary N) is 1. The number of phosphoric ester groups is 1. The Morgan fingerprint density at radius 2 is 1.08 bits per heavy atom. The maximum absolute atomic E-state index is 11.9. The van der Waals surface area contributed by atoms with E-state index in [1.54, 1.807) is 36.5 Å². The Kier molecular flexibility index (Phi) is 23.2. The molecule has 0 aliphatic rings. The van der Waals surface area contributed by atoms with Crippen LogP contribution in [0.15, 0.2) is 147 Å². The van der Waals surface area contributed by atoms with Gasteiger partial charge in [-0.2, -0.15) is 0 Å². The van der Waals surface area contributed by atoms with Crippen molar-refractivity contribution in [3.63, 3.8) is 0 Å². The van der Waals surface area contributed by atoms with E-state index in [1.165, 1.54) is 12.5 Å². The average molecular weight is 528 g/mol. The van der Waals surface area contributed by atoms with E-state index < -0.39 is 13.9 Å². The summed E-state index contributed by atoms with van der Waals surface area (Å²) in [5.41, 5.74) is 5.29. The summed E-state index contributed by atoms with van der Waals surface area (Å²) in [5.74, 6) is 0. The van der Waals surface area contributed by atoms with Gasteiger partial charge in [-0.1, -0.05) is 123 Å². The molecule has 0 saturated heterocycles. The number of ether oxygens (including phenoxy) is 2. The van der Waals surface area contributed by atoms with Crippen LogP contribution in [0.4, 0.5) is 0 Å². The van der Waals surface area contributed by atoms with Crippen LogP contribution >= 0.6 is 7.82 Å². The Labute approximate surface area is 221 Å².